The van der Waals surface area contributed by atoms with E-state index in [9.17, 15) is 0 Å². The third-order valence-electron chi connectivity index (χ3n) is 1.67. The van der Waals surface area contributed by atoms with Crippen molar-refractivity contribution in [2.45, 2.75) is 39.0 Å². The molecule has 0 N–H and O–H groups in total. The summed E-state index contributed by atoms with van der Waals surface area (Å²) in [5.74, 6) is 0. The molecule has 0 atom stereocenters. The second kappa shape index (κ2) is 11.2. The standard InChI is InChI=1S/C13H21/c1-3-5-7-9-11-13-12-10-8-6-4-2/h5-8,12-13H,1,3-4,9-11H2,2H3. The van der Waals surface area contributed by atoms with Crippen molar-refractivity contribution in [3.05, 3.63) is 43.4 Å². The first-order valence-corrected chi connectivity index (χ1v) is 5.16. The molecule has 0 aromatic rings. The molecule has 0 aliphatic heterocycles. The van der Waals surface area contributed by atoms with Crippen LogP contribution in [0.5, 0.6) is 0 Å². The number of hydrogen-bond acceptors (Lipinski definition) is 0. The van der Waals surface area contributed by atoms with Crippen molar-refractivity contribution in [1.82, 2.24) is 0 Å². The smallest absolute Gasteiger partial charge is 0.0169 e. The van der Waals surface area contributed by atoms with Crippen LogP contribution < -0.4 is 0 Å². The third kappa shape index (κ3) is 11.2. The highest BCUT2D eigenvalue weighted by molar-refractivity contribution is 4.93. The Kier molecular flexibility index (Phi) is 10.5. The van der Waals surface area contributed by atoms with Gasteiger partial charge in [-0.1, -0.05) is 43.4 Å². The first-order valence-electron chi connectivity index (χ1n) is 5.16. The maximum atomic E-state index is 3.74. The van der Waals surface area contributed by atoms with E-state index in [1.54, 1.807) is 0 Å². The van der Waals surface area contributed by atoms with Crippen LogP contribution in [-0.4, -0.2) is 0 Å². The van der Waals surface area contributed by atoms with Gasteiger partial charge in [-0.25, -0.2) is 0 Å². The van der Waals surface area contributed by atoms with Gasteiger partial charge in [0.25, 0.3) is 0 Å². The highest BCUT2D eigenvalue weighted by Crippen LogP contribution is 1.96. The van der Waals surface area contributed by atoms with Gasteiger partial charge in [0.05, 0.1) is 0 Å². The zero-order valence-corrected chi connectivity index (χ0v) is 8.71. The number of hydrogen-bond donors (Lipinski definition) is 0. The summed E-state index contributed by atoms with van der Waals surface area (Å²) in [6, 6.07) is 0. The monoisotopic (exact) mass is 177 g/mol. The van der Waals surface area contributed by atoms with Gasteiger partial charge in [-0.15, -0.1) is 0 Å². The van der Waals surface area contributed by atoms with Crippen molar-refractivity contribution < 1.29 is 0 Å². The quantitative estimate of drug-likeness (QED) is 0.398. The van der Waals surface area contributed by atoms with Gasteiger partial charge in [-0.3, -0.25) is 0 Å². The summed E-state index contributed by atoms with van der Waals surface area (Å²) in [5, 5.41) is 0. The lowest BCUT2D eigenvalue weighted by molar-refractivity contribution is 1.04. The Morgan fingerprint density at radius 3 is 2.08 bits per heavy atom. The van der Waals surface area contributed by atoms with Gasteiger partial charge in [-0.2, -0.15) is 0 Å². The molecule has 0 aromatic carbocycles. The van der Waals surface area contributed by atoms with E-state index in [4.69, 9.17) is 0 Å². The Balaban J connectivity index is 3.21. The van der Waals surface area contributed by atoms with Gasteiger partial charge in [0.2, 0.25) is 0 Å². The molecule has 0 saturated carbocycles. The molecule has 0 saturated heterocycles. The van der Waals surface area contributed by atoms with Crippen molar-refractivity contribution >= 4 is 0 Å². The maximum absolute atomic E-state index is 3.74. The van der Waals surface area contributed by atoms with E-state index in [-0.39, 0.29) is 0 Å². The summed E-state index contributed by atoms with van der Waals surface area (Å²) in [6.45, 7) is 5.90. The molecule has 13 heavy (non-hydrogen) atoms. The van der Waals surface area contributed by atoms with E-state index in [0.29, 0.717) is 0 Å². The summed E-state index contributed by atoms with van der Waals surface area (Å²) < 4.78 is 0. The van der Waals surface area contributed by atoms with Crippen LogP contribution in [0.3, 0.4) is 0 Å². The van der Waals surface area contributed by atoms with Crippen LogP contribution in [-0.2, 0) is 0 Å². The summed E-state index contributed by atoms with van der Waals surface area (Å²) >= 11 is 0. The fourth-order valence-corrected chi connectivity index (χ4v) is 0.984. The van der Waals surface area contributed by atoms with Crippen LogP contribution in [0.1, 0.15) is 39.0 Å². The minimum Gasteiger partial charge on any atom is -0.0885 e. The van der Waals surface area contributed by atoms with Crippen LogP contribution >= 0.6 is 0 Å². The molecular weight excluding hydrogens is 156 g/mol. The number of allylic oxidation sites excluding steroid dienone is 6. The summed E-state index contributed by atoms with van der Waals surface area (Å²) in [5.41, 5.74) is 0. The molecule has 0 bridgehead atoms. The summed E-state index contributed by atoms with van der Waals surface area (Å²) in [7, 11) is 0. The van der Waals surface area contributed by atoms with E-state index in [1.165, 1.54) is 0 Å². The van der Waals surface area contributed by atoms with Gasteiger partial charge >= 0.3 is 0 Å². The van der Waals surface area contributed by atoms with Gasteiger partial charge in [-0.05, 0) is 39.0 Å². The van der Waals surface area contributed by atoms with E-state index in [2.05, 4.69) is 50.3 Å². The molecular formula is C13H21. The number of rotatable bonds is 7. The molecule has 73 valence electrons. The van der Waals surface area contributed by atoms with E-state index in [0.717, 1.165) is 32.1 Å². The fourth-order valence-electron chi connectivity index (χ4n) is 0.984. The lowest BCUT2D eigenvalue weighted by atomic mass is 10.2. The fraction of sp³-hybridized carbons (Fsp3) is 0.462. The van der Waals surface area contributed by atoms with E-state index in [1.807, 2.05) is 0 Å². The Morgan fingerprint density at radius 2 is 1.46 bits per heavy atom. The maximum Gasteiger partial charge on any atom is -0.0169 e. The van der Waals surface area contributed by atoms with Crippen LogP contribution in [0.15, 0.2) is 36.5 Å². The van der Waals surface area contributed by atoms with Crippen molar-refractivity contribution in [3.8, 4) is 0 Å². The lowest BCUT2D eigenvalue weighted by Gasteiger charge is -1.86. The molecule has 0 aliphatic rings. The van der Waals surface area contributed by atoms with Gasteiger partial charge < -0.3 is 0 Å². The summed E-state index contributed by atoms with van der Waals surface area (Å²) in [4.78, 5) is 0. The predicted octanol–water partition coefficient (Wildman–Crippen LogP) is 4.46. The molecule has 0 heterocycles. The van der Waals surface area contributed by atoms with Crippen molar-refractivity contribution in [3.63, 3.8) is 0 Å². The van der Waals surface area contributed by atoms with Crippen molar-refractivity contribution in [2.24, 2.45) is 0 Å². The molecule has 0 nitrogen and oxygen atoms in total. The average Bonchev–Trinajstić information content (AvgIpc) is 2.16. The molecule has 0 amide bonds. The Labute approximate surface area is 83.0 Å². The predicted molar refractivity (Wildman–Crippen MR) is 61.5 cm³/mol. The van der Waals surface area contributed by atoms with Crippen molar-refractivity contribution in [2.75, 3.05) is 0 Å². The third-order valence-corrected chi connectivity index (χ3v) is 1.67. The zero-order valence-electron chi connectivity index (χ0n) is 8.71. The summed E-state index contributed by atoms with van der Waals surface area (Å²) in [6.07, 6.45) is 18.6. The van der Waals surface area contributed by atoms with Gasteiger partial charge in [0.15, 0.2) is 0 Å². The van der Waals surface area contributed by atoms with Crippen LogP contribution in [0.2, 0.25) is 0 Å². The molecule has 0 spiro atoms. The molecule has 0 fully saturated rings. The Hall–Kier alpha value is -0.780. The molecule has 0 unspecified atom stereocenters. The highest BCUT2D eigenvalue weighted by Gasteiger charge is 1.75. The molecule has 0 aromatic heterocycles. The first-order chi connectivity index (χ1) is 6.41. The minimum absolute atomic E-state index is 0.906. The normalized spacial score (nSPS) is 12.5. The van der Waals surface area contributed by atoms with Crippen molar-refractivity contribution in [1.29, 1.82) is 0 Å². The Bertz CT molecular complexity index is 161. The minimum atomic E-state index is 0.906. The molecule has 1 radical (unpaired) electrons. The Morgan fingerprint density at radius 1 is 0.846 bits per heavy atom. The van der Waals surface area contributed by atoms with E-state index >= 15 is 0 Å². The average molecular weight is 177 g/mol. The SMILES string of the molecule is [CH2]CC=CCCC=CCC=CCC. The van der Waals surface area contributed by atoms with Crippen LogP contribution in [0.25, 0.3) is 0 Å². The molecule has 0 aliphatic carbocycles. The van der Waals surface area contributed by atoms with Crippen LogP contribution in [0, 0.1) is 6.92 Å². The highest BCUT2D eigenvalue weighted by atomic mass is 13.8. The van der Waals surface area contributed by atoms with Gasteiger partial charge in [0.1, 0.15) is 0 Å². The van der Waals surface area contributed by atoms with Crippen LogP contribution in [0.4, 0.5) is 0 Å². The lowest BCUT2D eigenvalue weighted by Crippen LogP contribution is -1.65. The second-order valence-corrected chi connectivity index (χ2v) is 2.92. The molecule has 0 rings (SSSR count). The topological polar surface area (TPSA) is 0 Å². The zero-order chi connectivity index (χ0) is 9.78. The largest absolute Gasteiger partial charge is 0.0885 e. The number of unbranched alkanes of at least 4 members (excludes halogenated alkanes) is 1. The first kappa shape index (κ1) is 12.2. The van der Waals surface area contributed by atoms with E-state index < -0.39 is 0 Å². The van der Waals surface area contributed by atoms with Gasteiger partial charge in [0, 0.05) is 0 Å². The second-order valence-electron chi connectivity index (χ2n) is 2.92. The molecule has 0 heteroatoms.